The third kappa shape index (κ3) is 2.92. The maximum atomic E-state index is 12.3. The Bertz CT molecular complexity index is 1670. The van der Waals surface area contributed by atoms with Gasteiger partial charge in [-0.1, -0.05) is 60.7 Å². The predicted octanol–water partition coefficient (Wildman–Crippen LogP) is 7.03. The van der Waals surface area contributed by atoms with Gasteiger partial charge in [-0.3, -0.25) is 0 Å². The Balaban J connectivity index is 1.87. The molecule has 0 aliphatic rings. The van der Waals surface area contributed by atoms with Crippen LogP contribution in [0.4, 0.5) is 0 Å². The molecule has 0 N–H and O–H groups in total. The summed E-state index contributed by atoms with van der Waals surface area (Å²) in [6.45, 7) is 0. The molecule has 0 radical (unpaired) electrons. The molecule has 0 saturated carbocycles. The van der Waals surface area contributed by atoms with Crippen LogP contribution < -0.4 is 0 Å². The summed E-state index contributed by atoms with van der Waals surface area (Å²) in [4.78, 5) is 24.6. The highest BCUT2D eigenvalue weighted by Crippen LogP contribution is 2.40. The van der Waals surface area contributed by atoms with Gasteiger partial charge in [0.1, 0.15) is 0 Å². The Morgan fingerprint density at radius 2 is 0.794 bits per heavy atom. The van der Waals surface area contributed by atoms with Gasteiger partial charge in [0.05, 0.1) is 25.3 Å². The minimum atomic E-state index is -0.364. The average molecular weight is 444 g/mol. The number of benzene rings is 6. The second-order valence-corrected chi connectivity index (χ2v) is 8.41. The van der Waals surface area contributed by atoms with Crippen LogP contribution in [0.25, 0.3) is 53.9 Å². The molecule has 4 nitrogen and oxygen atoms in total. The maximum absolute atomic E-state index is 12.3. The van der Waals surface area contributed by atoms with E-state index in [1.54, 1.807) is 12.1 Å². The first-order valence-electron chi connectivity index (χ1n) is 11.0. The van der Waals surface area contributed by atoms with Crippen molar-refractivity contribution in [1.29, 1.82) is 0 Å². The minimum absolute atomic E-state index is 0.364. The van der Waals surface area contributed by atoms with E-state index < -0.39 is 0 Å². The third-order valence-electron chi connectivity index (χ3n) is 6.62. The van der Waals surface area contributed by atoms with E-state index in [1.807, 2.05) is 24.3 Å². The molecule has 4 heteroatoms. The highest BCUT2D eigenvalue weighted by atomic mass is 16.5. The Labute approximate surface area is 195 Å². The van der Waals surface area contributed by atoms with Gasteiger partial charge in [-0.05, 0) is 78.1 Å². The fourth-order valence-corrected chi connectivity index (χ4v) is 4.99. The highest BCUT2D eigenvalue weighted by Gasteiger charge is 2.15. The monoisotopic (exact) mass is 444 g/mol. The maximum Gasteiger partial charge on any atom is 0.337 e. The Morgan fingerprint density at radius 3 is 1.18 bits per heavy atom. The molecule has 6 aromatic carbocycles. The summed E-state index contributed by atoms with van der Waals surface area (Å²) < 4.78 is 9.95. The van der Waals surface area contributed by atoms with Crippen molar-refractivity contribution in [3.8, 4) is 0 Å². The van der Waals surface area contributed by atoms with Crippen LogP contribution in [0.5, 0.6) is 0 Å². The van der Waals surface area contributed by atoms with Crippen LogP contribution in [0.1, 0.15) is 20.7 Å². The topological polar surface area (TPSA) is 52.6 Å². The number of carbonyl (C=O) groups is 2. The van der Waals surface area contributed by atoms with Gasteiger partial charge >= 0.3 is 11.9 Å². The molecular formula is C30H20O4. The summed E-state index contributed by atoms with van der Waals surface area (Å²) in [5, 5.41) is 10.5. The predicted molar refractivity (Wildman–Crippen MR) is 137 cm³/mol. The molecular weight excluding hydrogens is 424 g/mol. The number of carbonyl (C=O) groups excluding carboxylic acids is 2. The fourth-order valence-electron chi connectivity index (χ4n) is 4.99. The molecule has 0 unspecified atom stereocenters. The summed E-state index contributed by atoms with van der Waals surface area (Å²) in [7, 11) is 2.78. The number of ether oxygens (including phenoxy) is 2. The van der Waals surface area contributed by atoms with Crippen molar-refractivity contribution in [2.24, 2.45) is 0 Å². The van der Waals surface area contributed by atoms with E-state index in [9.17, 15) is 9.59 Å². The highest BCUT2D eigenvalue weighted by molar-refractivity contribution is 6.32. The van der Waals surface area contributed by atoms with Gasteiger partial charge in [0.15, 0.2) is 0 Å². The fraction of sp³-hybridized carbons (Fsp3) is 0.0667. The zero-order chi connectivity index (χ0) is 23.4. The quantitative estimate of drug-likeness (QED) is 0.213. The lowest BCUT2D eigenvalue weighted by atomic mass is 9.90. The van der Waals surface area contributed by atoms with Crippen LogP contribution in [-0.2, 0) is 9.47 Å². The van der Waals surface area contributed by atoms with E-state index in [-0.39, 0.29) is 11.9 Å². The lowest BCUT2D eigenvalue weighted by Crippen LogP contribution is -2.01. The van der Waals surface area contributed by atoms with E-state index in [4.69, 9.17) is 9.47 Å². The molecule has 34 heavy (non-hydrogen) atoms. The first-order chi connectivity index (χ1) is 16.6. The molecule has 0 bridgehead atoms. The van der Waals surface area contributed by atoms with Gasteiger partial charge in [0.2, 0.25) is 0 Å². The molecule has 0 aliphatic carbocycles. The Hall–Kier alpha value is -4.44. The average Bonchev–Trinajstić information content (AvgIpc) is 2.90. The van der Waals surface area contributed by atoms with Crippen molar-refractivity contribution in [1.82, 2.24) is 0 Å². The van der Waals surface area contributed by atoms with E-state index in [2.05, 4.69) is 48.5 Å². The Morgan fingerprint density at radius 1 is 0.471 bits per heavy atom. The molecule has 164 valence electrons. The van der Waals surface area contributed by atoms with Crippen LogP contribution in [0.15, 0.2) is 84.9 Å². The van der Waals surface area contributed by atoms with Gasteiger partial charge in [-0.2, -0.15) is 0 Å². The van der Waals surface area contributed by atoms with Crippen molar-refractivity contribution in [3.05, 3.63) is 96.1 Å². The molecule has 0 atom stereocenters. The molecule has 0 aromatic heterocycles. The molecule has 0 spiro atoms. The van der Waals surface area contributed by atoms with E-state index in [0.29, 0.717) is 11.1 Å². The summed E-state index contributed by atoms with van der Waals surface area (Å²) in [5.41, 5.74) is 1.02. The zero-order valence-corrected chi connectivity index (χ0v) is 18.7. The SMILES string of the molecule is COC(=O)c1ccc2ccc3ccc4ccc5ccc6ccc(C(=O)OC)cc6c5c4c3c2c1. The summed E-state index contributed by atoms with van der Waals surface area (Å²) in [6, 6.07) is 28.1. The normalized spacial score (nSPS) is 11.5. The van der Waals surface area contributed by atoms with Gasteiger partial charge in [-0.25, -0.2) is 9.59 Å². The molecule has 6 rings (SSSR count). The van der Waals surface area contributed by atoms with Crippen molar-refractivity contribution in [3.63, 3.8) is 0 Å². The summed E-state index contributed by atoms with van der Waals surface area (Å²) >= 11 is 0. The molecule has 0 amide bonds. The summed E-state index contributed by atoms with van der Waals surface area (Å²) in [5.74, 6) is -0.727. The standard InChI is InChI=1S/C30H20O4/c1-33-29(31)22-13-5-17-3-7-19-9-11-21-12-10-20-8-4-18-6-14-23(30(32)34-2)16-25(18)27(20)28(21)26(19)24(17)15-22/h3-16H,1-2H3. The Kier molecular flexibility index (Phi) is 4.49. The lowest BCUT2D eigenvalue weighted by Gasteiger charge is -2.14. The van der Waals surface area contributed by atoms with Crippen LogP contribution in [0.3, 0.4) is 0 Å². The number of hydrogen-bond donors (Lipinski definition) is 0. The van der Waals surface area contributed by atoms with Crippen LogP contribution >= 0.6 is 0 Å². The number of hydrogen-bond acceptors (Lipinski definition) is 4. The first kappa shape index (κ1) is 20.2. The number of rotatable bonds is 2. The first-order valence-corrected chi connectivity index (χ1v) is 11.0. The lowest BCUT2D eigenvalue weighted by molar-refractivity contribution is 0.0592. The van der Waals surface area contributed by atoms with Crippen molar-refractivity contribution >= 4 is 65.8 Å². The van der Waals surface area contributed by atoms with Crippen molar-refractivity contribution in [2.45, 2.75) is 0 Å². The molecule has 6 aromatic rings. The second-order valence-electron chi connectivity index (χ2n) is 8.41. The molecule has 0 heterocycles. The van der Waals surface area contributed by atoms with Crippen molar-refractivity contribution in [2.75, 3.05) is 14.2 Å². The molecule has 0 saturated heterocycles. The zero-order valence-electron chi connectivity index (χ0n) is 18.7. The van der Waals surface area contributed by atoms with Gasteiger partial charge in [0.25, 0.3) is 0 Å². The van der Waals surface area contributed by atoms with Crippen molar-refractivity contribution < 1.29 is 19.1 Å². The van der Waals surface area contributed by atoms with E-state index in [0.717, 1.165) is 53.9 Å². The number of methoxy groups -OCH3 is 2. The molecule has 0 aliphatic heterocycles. The van der Waals surface area contributed by atoms with Gasteiger partial charge in [-0.15, -0.1) is 0 Å². The van der Waals surface area contributed by atoms with E-state index >= 15 is 0 Å². The van der Waals surface area contributed by atoms with Gasteiger partial charge in [0, 0.05) is 0 Å². The van der Waals surface area contributed by atoms with Crippen LogP contribution in [-0.4, -0.2) is 26.2 Å². The minimum Gasteiger partial charge on any atom is -0.465 e. The second kappa shape index (κ2) is 7.56. The van der Waals surface area contributed by atoms with Crippen LogP contribution in [0, 0.1) is 0 Å². The molecule has 0 fully saturated rings. The van der Waals surface area contributed by atoms with E-state index in [1.165, 1.54) is 14.2 Å². The van der Waals surface area contributed by atoms with Gasteiger partial charge < -0.3 is 9.47 Å². The smallest absolute Gasteiger partial charge is 0.337 e. The number of fused-ring (bicyclic) bond motifs is 9. The third-order valence-corrected chi connectivity index (χ3v) is 6.62. The van der Waals surface area contributed by atoms with Crippen LogP contribution in [0.2, 0.25) is 0 Å². The largest absolute Gasteiger partial charge is 0.465 e. The number of esters is 2. The summed E-state index contributed by atoms with van der Waals surface area (Å²) in [6.07, 6.45) is 0.